The van der Waals surface area contributed by atoms with E-state index in [0.29, 0.717) is 39.6 Å². The summed E-state index contributed by atoms with van der Waals surface area (Å²) in [6, 6.07) is 18.7. The van der Waals surface area contributed by atoms with Gasteiger partial charge < -0.3 is 5.32 Å². The SMILES string of the molecule is CC1(C)CC(=O)C2=C(C1)NC(SCC(=O)c1ccccc1)=C(C#N)C2c1ccc(Cl)cc1. The summed E-state index contributed by atoms with van der Waals surface area (Å²) in [5, 5.41) is 14.7. The van der Waals surface area contributed by atoms with E-state index in [9.17, 15) is 14.9 Å². The normalized spacial score (nSPS) is 19.8. The van der Waals surface area contributed by atoms with Crippen LogP contribution in [0.2, 0.25) is 5.02 Å². The van der Waals surface area contributed by atoms with Gasteiger partial charge in [0.2, 0.25) is 0 Å². The Morgan fingerprint density at radius 1 is 1.16 bits per heavy atom. The molecule has 4 rings (SSSR count). The first-order chi connectivity index (χ1) is 15.3. The standard InChI is InChI=1S/C26H23ClN2O2S/c1-26(2)12-20-24(21(30)13-26)23(17-8-10-18(27)11-9-17)19(14-28)25(29-20)32-15-22(31)16-6-4-3-5-7-16/h3-11,23,29H,12-13,15H2,1-2H3. The van der Waals surface area contributed by atoms with E-state index in [0.717, 1.165) is 11.3 Å². The van der Waals surface area contributed by atoms with Gasteiger partial charge in [-0.3, -0.25) is 9.59 Å². The number of hydrogen-bond acceptors (Lipinski definition) is 5. The fourth-order valence-corrected chi connectivity index (χ4v) is 5.41. The highest BCUT2D eigenvalue weighted by molar-refractivity contribution is 8.03. The molecule has 162 valence electrons. The van der Waals surface area contributed by atoms with Gasteiger partial charge >= 0.3 is 0 Å². The number of dihydropyridines is 1. The first-order valence-corrected chi connectivity index (χ1v) is 11.8. The van der Waals surface area contributed by atoms with Crippen LogP contribution < -0.4 is 5.32 Å². The molecule has 0 spiro atoms. The van der Waals surface area contributed by atoms with E-state index in [4.69, 9.17) is 11.6 Å². The molecule has 1 aliphatic heterocycles. The molecule has 2 aliphatic rings. The highest BCUT2D eigenvalue weighted by Crippen LogP contribution is 2.48. The Kier molecular flexibility index (Phi) is 6.28. The monoisotopic (exact) mass is 462 g/mol. The Morgan fingerprint density at radius 3 is 2.50 bits per heavy atom. The minimum Gasteiger partial charge on any atom is -0.352 e. The van der Waals surface area contributed by atoms with Crippen LogP contribution in [0.25, 0.3) is 0 Å². The van der Waals surface area contributed by atoms with E-state index in [-0.39, 0.29) is 22.7 Å². The predicted octanol–water partition coefficient (Wildman–Crippen LogP) is 6.02. The first-order valence-electron chi connectivity index (χ1n) is 10.4. The molecule has 6 heteroatoms. The molecular weight excluding hydrogens is 440 g/mol. The molecule has 0 aromatic heterocycles. The molecule has 1 N–H and O–H groups in total. The van der Waals surface area contributed by atoms with Gasteiger partial charge in [0.25, 0.3) is 0 Å². The van der Waals surface area contributed by atoms with E-state index in [1.54, 1.807) is 24.3 Å². The van der Waals surface area contributed by atoms with E-state index in [2.05, 4.69) is 25.2 Å². The molecule has 4 nitrogen and oxygen atoms in total. The number of carbonyl (C=O) groups excluding carboxylic acids is 2. The highest BCUT2D eigenvalue weighted by atomic mass is 35.5. The van der Waals surface area contributed by atoms with Crippen LogP contribution >= 0.6 is 23.4 Å². The number of nitrogens with zero attached hydrogens (tertiary/aromatic N) is 1. The van der Waals surface area contributed by atoms with Crippen molar-refractivity contribution in [2.75, 3.05) is 5.75 Å². The lowest BCUT2D eigenvalue weighted by atomic mass is 9.69. The van der Waals surface area contributed by atoms with Crippen LogP contribution in [0.15, 0.2) is 76.5 Å². The van der Waals surface area contributed by atoms with Gasteiger partial charge in [0.1, 0.15) is 0 Å². The van der Waals surface area contributed by atoms with Gasteiger partial charge in [-0.1, -0.05) is 79.7 Å². The molecule has 0 fully saturated rings. The van der Waals surface area contributed by atoms with Gasteiger partial charge in [-0.05, 0) is 29.5 Å². The number of hydrogen-bond donors (Lipinski definition) is 1. The molecule has 1 heterocycles. The van der Waals surface area contributed by atoms with Crippen molar-refractivity contribution in [1.29, 1.82) is 5.26 Å². The number of ketones is 2. The summed E-state index contributed by atoms with van der Waals surface area (Å²) in [6.07, 6.45) is 1.14. The van der Waals surface area contributed by atoms with Crippen LogP contribution in [0.4, 0.5) is 0 Å². The maximum absolute atomic E-state index is 13.2. The number of rotatable bonds is 5. The number of allylic oxidation sites excluding steroid dienone is 3. The smallest absolute Gasteiger partial charge is 0.173 e. The minimum absolute atomic E-state index is 0.00920. The largest absolute Gasteiger partial charge is 0.352 e. The van der Waals surface area contributed by atoms with Gasteiger partial charge in [0.05, 0.1) is 28.3 Å². The number of carbonyl (C=O) groups is 2. The second-order valence-corrected chi connectivity index (χ2v) is 10.3. The van der Waals surface area contributed by atoms with E-state index >= 15 is 0 Å². The lowest BCUT2D eigenvalue weighted by molar-refractivity contribution is -0.118. The minimum atomic E-state index is -0.466. The summed E-state index contributed by atoms with van der Waals surface area (Å²) in [5.74, 6) is -0.220. The predicted molar refractivity (Wildman–Crippen MR) is 128 cm³/mol. The number of benzene rings is 2. The molecule has 1 aliphatic carbocycles. The summed E-state index contributed by atoms with van der Waals surface area (Å²) < 4.78 is 0. The number of halogens is 1. The Morgan fingerprint density at radius 2 is 1.84 bits per heavy atom. The number of thioether (sulfide) groups is 1. The number of Topliss-reactive ketones (excluding diaryl/α,β-unsaturated/α-hetero) is 2. The lowest BCUT2D eigenvalue weighted by Gasteiger charge is -2.39. The maximum Gasteiger partial charge on any atom is 0.173 e. The van der Waals surface area contributed by atoms with Crippen molar-refractivity contribution in [3.8, 4) is 6.07 Å². The number of nitriles is 1. The Bertz CT molecular complexity index is 1170. The summed E-state index contributed by atoms with van der Waals surface area (Å²) in [5.41, 5.74) is 3.28. The van der Waals surface area contributed by atoms with E-state index < -0.39 is 5.92 Å². The van der Waals surface area contributed by atoms with Gasteiger partial charge in [0.15, 0.2) is 11.6 Å². The molecule has 0 bridgehead atoms. The van der Waals surface area contributed by atoms with Crippen molar-refractivity contribution >= 4 is 34.9 Å². The third-order valence-corrected chi connectivity index (χ3v) is 7.04. The molecule has 0 saturated heterocycles. The summed E-state index contributed by atoms with van der Waals surface area (Å²) in [7, 11) is 0. The topological polar surface area (TPSA) is 70.0 Å². The van der Waals surface area contributed by atoms with Crippen molar-refractivity contribution < 1.29 is 9.59 Å². The van der Waals surface area contributed by atoms with Gasteiger partial charge in [0, 0.05) is 28.3 Å². The molecule has 1 atom stereocenters. The molecule has 0 radical (unpaired) electrons. The zero-order chi connectivity index (χ0) is 22.9. The van der Waals surface area contributed by atoms with Crippen LogP contribution in [0.5, 0.6) is 0 Å². The van der Waals surface area contributed by atoms with Crippen molar-refractivity contribution in [2.45, 2.75) is 32.6 Å². The zero-order valence-corrected chi connectivity index (χ0v) is 19.5. The van der Waals surface area contributed by atoms with Gasteiger partial charge in [-0.15, -0.1) is 0 Å². The van der Waals surface area contributed by atoms with Gasteiger partial charge in [-0.2, -0.15) is 5.26 Å². The van der Waals surface area contributed by atoms with Crippen molar-refractivity contribution in [3.63, 3.8) is 0 Å². The number of nitrogens with one attached hydrogen (secondary N) is 1. The fourth-order valence-electron chi connectivity index (χ4n) is 4.32. The first kappa shape index (κ1) is 22.4. The third kappa shape index (κ3) is 4.53. The average Bonchev–Trinajstić information content (AvgIpc) is 2.76. The average molecular weight is 463 g/mol. The van der Waals surface area contributed by atoms with Crippen LogP contribution in [0.3, 0.4) is 0 Å². The Labute approximate surface area is 197 Å². The maximum atomic E-state index is 13.2. The van der Waals surface area contributed by atoms with Crippen molar-refractivity contribution in [3.05, 3.63) is 92.6 Å². The Hall–Kier alpha value is -2.81. The molecule has 1 unspecified atom stereocenters. The zero-order valence-electron chi connectivity index (χ0n) is 17.9. The molecule has 2 aromatic carbocycles. The lowest BCUT2D eigenvalue weighted by Crippen LogP contribution is -2.37. The van der Waals surface area contributed by atoms with E-state index in [1.807, 2.05) is 30.3 Å². The van der Waals surface area contributed by atoms with Crippen LogP contribution in [0, 0.1) is 16.7 Å². The molecule has 0 amide bonds. The second-order valence-electron chi connectivity index (χ2n) is 8.88. The molecule has 2 aromatic rings. The summed E-state index contributed by atoms with van der Waals surface area (Å²) in [6.45, 7) is 4.14. The second kappa shape index (κ2) is 8.97. The Balaban J connectivity index is 1.73. The summed E-state index contributed by atoms with van der Waals surface area (Å²) >= 11 is 7.40. The highest BCUT2D eigenvalue weighted by Gasteiger charge is 2.41. The van der Waals surface area contributed by atoms with Crippen LogP contribution in [0.1, 0.15) is 48.5 Å². The van der Waals surface area contributed by atoms with Crippen molar-refractivity contribution in [1.82, 2.24) is 5.32 Å². The summed E-state index contributed by atoms with van der Waals surface area (Å²) in [4.78, 5) is 25.9. The fraction of sp³-hybridized carbons (Fsp3) is 0.269. The van der Waals surface area contributed by atoms with Crippen molar-refractivity contribution in [2.24, 2.45) is 5.41 Å². The molecule has 0 saturated carbocycles. The quantitative estimate of drug-likeness (QED) is 0.550. The van der Waals surface area contributed by atoms with Crippen LogP contribution in [-0.4, -0.2) is 17.3 Å². The molecular formula is C26H23ClN2O2S. The van der Waals surface area contributed by atoms with Gasteiger partial charge in [-0.25, -0.2) is 0 Å². The van der Waals surface area contributed by atoms with Crippen LogP contribution in [-0.2, 0) is 4.79 Å². The third-order valence-electron chi connectivity index (χ3n) is 5.77. The van der Waals surface area contributed by atoms with E-state index in [1.165, 1.54) is 11.8 Å². The molecule has 32 heavy (non-hydrogen) atoms.